The fourth-order valence-corrected chi connectivity index (χ4v) is 3.48. The van der Waals surface area contributed by atoms with Gasteiger partial charge in [-0.3, -0.25) is 0 Å². The van der Waals surface area contributed by atoms with Gasteiger partial charge in [0.15, 0.2) is 0 Å². The summed E-state index contributed by atoms with van der Waals surface area (Å²) in [5.41, 5.74) is 1.71. The van der Waals surface area contributed by atoms with Gasteiger partial charge in [0.2, 0.25) is 0 Å². The van der Waals surface area contributed by atoms with Gasteiger partial charge in [-0.15, -0.1) is 0 Å². The predicted molar refractivity (Wildman–Crippen MR) is 75.6 cm³/mol. The molecule has 3 nitrogen and oxygen atoms in total. The summed E-state index contributed by atoms with van der Waals surface area (Å²) in [6.07, 6.45) is 4.81. The van der Waals surface area contributed by atoms with Gasteiger partial charge in [-0.1, -0.05) is 18.2 Å². The van der Waals surface area contributed by atoms with E-state index in [1.54, 1.807) is 0 Å². The van der Waals surface area contributed by atoms with Crippen LogP contribution in [0.1, 0.15) is 24.8 Å². The smallest absolute Gasteiger partial charge is 0.123 e. The van der Waals surface area contributed by atoms with Gasteiger partial charge in [-0.05, 0) is 43.4 Å². The van der Waals surface area contributed by atoms with E-state index in [0.29, 0.717) is 11.5 Å². The van der Waals surface area contributed by atoms with Crippen molar-refractivity contribution in [1.29, 1.82) is 0 Å². The molecule has 0 bridgehead atoms. The van der Waals surface area contributed by atoms with Crippen LogP contribution in [-0.2, 0) is 11.2 Å². The van der Waals surface area contributed by atoms with Crippen LogP contribution in [0.25, 0.3) is 0 Å². The maximum atomic E-state index is 6.11. The van der Waals surface area contributed by atoms with E-state index in [-0.39, 0.29) is 0 Å². The van der Waals surface area contributed by atoms with E-state index in [0.717, 1.165) is 51.2 Å². The third kappa shape index (κ3) is 2.77. The topological polar surface area (TPSA) is 30.5 Å². The summed E-state index contributed by atoms with van der Waals surface area (Å²) in [6, 6.07) is 8.43. The molecule has 1 atom stereocenters. The van der Waals surface area contributed by atoms with Gasteiger partial charge < -0.3 is 14.8 Å². The van der Waals surface area contributed by atoms with E-state index < -0.39 is 0 Å². The van der Waals surface area contributed by atoms with Crippen LogP contribution < -0.4 is 10.1 Å². The molecule has 0 aliphatic carbocycles. The number of rotatable bonds is 4. The molecule has 19 heavy (non-hydrogen) atoms. The van der Waals surface area contributed by atoms with E-state index >= 15 is 0 Å². The van der Waals surface area contributed by atoms with Gasteiger partial charge in [0.25, 0.3) is 0 Å². The molecule has 1 aromatic carbocycles. The van der Waals surface area contributed by atoms with E-state index in [9.17, 15) is 0 Å². The van der Waals surface area contributed by atoms with Crippen LogP contribution in [0.2, 0.25) is 0 Å². The largest absolute Gasteiger partial charge is 0.490 e. The van der Waals surface area contributed by atoms with Crippen molar-refractivity contribution in [3.05, 3.63) is 29.8 Å². The number of nitrogens with one attached hydrogen (secondary N) is 1. The standard InChI is InChI=1S/C16H23NO2/c1-17-12-16(6-8-18-9-7-16)11-14-10-13-4-2-3-5-15(13)19-14/h2-5,14,17H,6-12H2,1H3. The van der Waals surface area contributed by atoms with Gasteiger partial charge >= 0.3 is 0 Å². The monoisotopic (exact) mass is 261 g/mol. The Hall–Kier alpha value is -1.06. The zero-order valence-electron chi connectivity index (χ0n) is 11.7. The quantitative estimate of drug-likeness (QED) is 0.903. The minimum Gasteiger partial charge on any atom is -0.490 e. The Morgan fingerprint density at radius 2 is 2.05 bits per heavy atom. The summed E-state index contributed by atoms with van der Waals surface area (Å²) >= 11 is 0. The SMILES string of the molecule is CNCC1(CC2Cc3ccccc3O2)CCOCC1. The zero-order chi connectivity index (χ0) is 13.1. The van der Waals surface area contributed by atoms with Gasteiger partial charge in [0, 0.05) is 26.2 Å². The first kappa shape index (κ1) is 12.9. The molecule has 3 heteroatoms. The second kappa shape index (κ2) is 5.51. The van der Waals surface area contributed by atoms with Crippen LogP contribution in [0.3, 0.4) is 0 Å². The predicted octanol–water partition coefficient (Wildman–Crippen LogP) is 2.40. The van der Waals surface area contributed by atoms with Crippen LogP contribution in [0, 0.1) is 5.41 Å². The fraction of sp³-hybridized carbons (Fsp3) is 0.625. The molecule has 0 amide bonds. The molecule has 0 spiro atoms. The highest BCUT2D eigenvalue weighted by Gasteiger charge is 2.37. The first-order valence-electron chi connectivity index (χ1n) is 7.28. The lowest BCUT2D eigenvalue weighted by Crippen LogP contribution is -2.41. The summed E-state index contributed by atoms with van der Waals surface area (Å²) in [7, 11) is 2.04. The Morgan fingerprint density at radius 3 is 2.79 bits per heavy atom. The van der Waals surface area contributed by atoms with E-state index in [1.165, 1.54) is 5.56 Å². The Bertz CT molecular complexity index is 396. The van der Waals surface area contributed by atoms with Gasteiger partial charge in [0.05, 0.1) is 0 Å². The van der Waals surface area contributed by atoms with Crippen molar-refractivity contribution in [2.75, 3.05) is 26.8 Å². The molecule has 0 saturated carbocycles. The second-order valence-electron chi connectivity index (χ2n) is 5.90. The number of ether oxygens (including phenoxy) is 2. The summed E-state index contributed by atoms with van der Waals surface area (Å²) in [5, 5.41) is 3.36. The first-order valence-corrected chi connectivity index (χ1v) is 7.28. The van der Waals surface area contributed by atoms with Crippen LogP contribution in [0.15, 0.2) is 24.3 Å². The van der Waals surface area contributed by atoms with Gasteiger partial charge in [-0.2, -0.15) is 0 Å². The summed E-state index contributed by atoms with van der Waals surface area (Å²) < 4.78 is 11.6. The lowest BCUT2D eigenvalue weighted by molar-refractivity contribution is -0.00508. The third-order valence-corrected chi connectivity index (χ3v) is 4.48. The van der Waals surface area contributed by atoms with Gasteiger partial charge in [-0.25, -0.2) is 0 Å². The van der Waals surface area contributed by atoms with Crippen molar-refractivity contribution < 1.29 is 9.47 Å². The van der Waals surface area contributed by atoms with Crippen molar-refractivity contribution in [3.63, 3.8) is 0 Å². The molecular weight excluding hydrogens is 238 g/mol. The van der Waals surface area contributed by atoms with Crippen LogP contribution in [0.5, 0.6) is 5.75 Å². The summed E-state index contributed by atoms with van der Waals surface area (Å²) in [4.78, 5) is 0. The number of fused-ring (bicyclic) bond motifs is 1. The Balaban J connectivity index is 1.67. The zero-order valence-corrected chi connectivity index (χ0v) is 11.7. The lowest BCUT2D eigenvalue weighted by Gasteiger charge is -2.38. The van der Waals surface area contributed by atoms with Crippen molar-refractivity contribution in [1.82, 2.24) is 5.32 Å². The van der Waals surface area contributed by atoms with Gasteiger partial charge in [0.1, 0.15) is 11.9 Å². The van der Waals surface area contributed by atoms with Crippen molar-refractivity contribution in [2.24, 2.45) is 5.41 Å². The Kier molecular flexibility index (Phi) is 3.76. The summed E-state index contributed by atoms with van der Waals surface area (Å²) in [5.74, 6) is 1.08. The number of para-hydroxylation sites is 1. The van der Waals surface area contributed by atoms with E-state index in [2.05, 4.69) is 29.6 Å². The molecule has 0 radical (unpaired) electrons. The van der Waals surface area contributed by atoms with Crippen molar-refractivity contribution in [2.45, 2.75) is 31.8 Å². The first-order chi connectivity index (χ1) is 9.31. The van der Waals surface area contributed by atoms with Crippen molar-refractivity contribution >= 4 is 0 Å². The van der Waals surface area contributed by atoms with Crippen LogP contribution >= 0.6 is 0 Å². The number of hydrogen-bond acceptors (Lipinski definition) is 3. The highest BCUT2D eigenvalue weighted by Crippen LogP contribution is 2.39. The highest BCUT2D eigenvalue weighted by atomic mass is 16.5. The molecule has 1 unspecified atom stereocenters. The summed E-state index contributed by atoms with van der Waals surface area (Å²) in [6.45, 7) is 2.84. The lowest BCUT2D eigenvalue weighted by atomic mass is 9.75. The maximum Gasteiger partial charge on any atom is 0.123 e. The third-order valence-electron chi connectivity index (χ3n) is 4.48. The number of hydrogen-bond donors (Lipinski definition) is 1. The molecule has 3 rings (SSSR count). The molecule has 2 aliphatic heterocycles. The fourth-order valence-electron chi connectivity index (χ4n) is 3.48. The highest BCUT2D eigenvalue weighted by molar-refractivity contribution is 5.37. The average molecular weight is 261 g/mol. The van der Waals surface area contributed by atoms with Crippen LogP contribution in [0.4, 0.5) is 0 Å². The minimum atomic E-state index is 0.337. The van der Waals surface area contributed by atoms with Crippen LogP contribution in [-0.4, -0.2) is 32.9 Å². The normalized spacial score (nSPS) is 24.8. The maximum absolute atomic E-state index is 6.11. The van der Waals surface area contributed by atoms with E-state index in [4.69, 9.17) is 9.47 Å². The molecule has 1 saturated heterocycles. The number of benzene rings is 1. The van der Waals surface area contributed by atoms with E-state index in [1.807, 2.05) is 7.05 Å². The molecule has 0 aromatic heterocycles. The minimum absolute atomic E-state index is 0.337. The Labute approximate surface area is 115 Å². The molecule has 2 heterocycles. The second-order valence-corrected chi connectivity index (χ2v) is 5.90. The molecule has 104 valence electrons. The Morgan fingerprint density at radius 1 is 1.26 bits per heavy atom. The van der Waals surface area contributed by atoms with Crippen molar-refractivity contribution in [3.8, 4) is 5.75 Å². The average Bonchev–Trinajstić information content (AvgIpc) is 2.81. The molecule has 1 fully saturated rings. The molecular formula is C16H23NO2. The molecule has 2 aliphatic rings. The molecule has 1 N–H and O–H groups in total. The molecule has 1 aromatic rings.